The van der Waals surface area contributed by atoms with E-state index in [1.54, 1.807) is 32.3 Å². The van der Waals surface area contributed by atoms with Crippen molar-refractivity contribution < 1.29 is 48.8 Å². The highest BCUT2D eigenvalue weighted by atomic mass is 19.1. The van der Waals surface area contributed by atoms with Gasteiger partial charge < -0.3 is 41.7 Å². The molecule has 8 N–H and O–H groups in total. The van der Waals surface area contributed by atoms with Crippen LogP contribution >= 0.6 is 0 Å². The van der Waals surface area contributed by atoms with Gasteiger partial charge in [0.05, 0.1) is 17.8 Å². The number of aromatic nitrogens is 3. The molecule has 18 nitrogen and oxygen atoms in total. The van der Waals surface area contributed by atoms with Crippen LogP contribution in [0.15, 0.2) is 96.3 Å². The van der Waals surface area contributed by atoms with Crippen LogP contribution in [0.1, 0.15) is 51.2 Å². The van der Waals surface area contributed by atoms with Crippen LogP contribution in [0, 0.1) is 17.7 Å². The van der Waals surface area contributed by atoms with Gasteiger partial charge in [0, 0.05) is 88.0 Å². The Morgan fingerprint density at radius 2 is 1.58 bits per heavy atom. The molecule has 2 aromatic heterocycles. The monoisotopic (exact) mass is 907 g/mol. The average Bonchev–Trinajstić information content (AvgIpc) is 3.29. The number of piperazine rings is 1. The number of benzene rings is 2. The number of rotatable bonds is 10. The Hall–Kier alpha value is -7.09. The molecule has 0 bridgehead atoms. The van der Waals surface area contributed by atoms with Gasteiger partial charge in [-0.25, -0.2) is 14.4 Å². The number of pyridine rings is 1. The highest BCUT2D eigenvalue weighted by Gasteiger charge is 2.64. The minimum Gasteiger partial charge on any atom is -0.508 e. The predicted molar refractivity (Wildman–Crippen MR) is 242 cm³/mol. The number of aliphatic hydroxyl groups excluding tert-OH is 2. The van der Waals surface area contributed by atoms with Crippen LogP contribution in [-0.2, 0) is 20.8 Å². The number of Topliss-reactive ketones (excluding diaryl/α,β-unsaturated/α-hetero) is 3. The Kier molecular flexibility index (Phi) is 14.9. The third kappa shape index (κ3) is 9.92. The summed E-state index contributed by atoms with van der Waals surface area (Å²) in [5.41, 5.74) is 8.81. The van der Waals surface area contributed by atoms with Gasteiger partial charge in [0.2, 0.25) is 5.78 Å². The zero-order valence-corrected chi connectivity index (χ0v) is 37.1. The quantitative estimate of drug-likeness (QED) is 0.0986. The Bertz CT molecular complexity index is 2530. The summed E-state index contributed by atoms with van der Waals surface area (Å²) in [6.07, 6.45) is 7.70. The van der Waals surface area contributed by atoms with Crippen molar-refractivity contribution in [2.24, 2.45) is 23.3 Å². The summed E-state index contributed by atoms with van der Waals surface area (Å²) < 4.78 is 12.9. The summed E-state index contributed by atoms with van der Waals surface area (Å²) in [4.78, 5) is 80.7. The first-order valence-electron chi connectivity index (χ1n) is 21.3. The molecule has 0 spiro atoms. The number of anilines is 2. The van der Waals surface area contributed by atoms with E-state index in [1.807, 2.05) is 43.4 Å². The lowest BCUT2D eigenvalue weighted by Gasteiger charge is -2.50. The first-order chi connectivity index (χ1) is 31.4. The molecular weight excluding hydrogens is 854 g/mol. The van der Waals surface area contributed by atoms with Crippen LogP contribution in [0.5, 0.6) is 5.75 Å². The van der Waals surface area contributed by atoms with Gasteiger partial charge in [0.25, 0.3) is 11.8 Å². The molecule has 0 unspecified atom stereocenters. The molecule has 19 heteroatoms. The van der Waals surface area contributed by atoms with Crippen LogP contribution in [0.25, 0.3) is 5.76 Å². The normalized spacial score (nSPS) is 21.4. The van der Waals surface area contributed by atoms with Crippen LogP contribution in [0.2, 0.25) is 0 Å². The predicted octanol–water partition coefficient (Wildman–Crippen LogP) is 2.61. The molecule has 66 heavy (non-hydrogen) atoms. The summed E-state index contributed by atoms with van der Waals surface area (Å²) in [6, 6.07) is 13.8. The molecule has 2 fully saturated rings. The number of hydrogen-bond donors (Lipinski definition) is 6. The maximum atomic E-state index is 13.7. The van der Waals surface area contributed by atoms with Crippen LogP contribution < -0.4 is 21.3 Å². The van der Waals surface area contributed by atoms with Gasteiger partial charge in [-0.3, -0.25) is 38.8 Å². The molecule has 4 aliphatic rings. The zero-order valence-electron chi connectivity index (χ0n) is 37.1. The number of halogens is 1. The summed E-state index contributed by atoms with van der Waals surface area (Å²) in [7, 11) is 6.75. The van der Waals surface area contributed by atoms with E-state index >= 15 is 0 Å². The molecule has 3 heterocycles. The lowest BCUT2D eigenvalue weighted by atomic mass is 9.57. The molecule has 2 amide bonds. The van der Waals surface area contributed by atoms with Crippen molar-refractivity contribution in [2.45, 2.75) is 37.3 Å². The van der Waals surface area contributed by atoms with Crippen molar-refractivity contribution in [2.75, 3.05) is 70.7 Å². The summed E-state index contributed by atoms with van der Waals surface area (Å²) >= 11 is 0. The number of hydrogen-bond acceptors (Lipinski definition) is 16. The lowest BCUT2D eigenvalue weighted by molar-refractivity contribution is -0.153. The van der Waals surface area contributed by atoms with Gasteiger partial charge in [0.1, 0.15) is 40.2 Å². The van der Waals surface area contributed by atoms with Crippen molar-refractivity contribution in [3.63, 3.8) is 0 Å². The van der Waals surface area contributed by atoms with Crippen molar-refractivity contribution in [1.82, 2.24) is 24.8 Å². The third-order valence-corrected chi connectivity index (χ3v) is 12.3. The second-order valence-electron chi connectivity index (χ2n) is 16.8. The van der Waals surface area contributed by atoms with Crippen LogP contribution in [-0.4, -0.2) is 147 Å². The van der Waals surface area contributed by atoms with Gasteiger partial charge >= 0.3 is 0 Å². The van der Waals surface area contributed by atoms with E-state index in [-0.39, 0.29) is 47.0 Å². The number of aliphatic hydroxyl groups is 3. The summed E-state index contributed by atoms with van der Waals surface area (Å²) in [5.74, 6) is -6.28. The number of fused-ring (bicyclic) bond motifs is 3. The first-order valence-corrected chi connectivity index (χ1v) is 21.3. The number of likely N-dealkylation sites (N-methyl/N-ethyl adjacent to an activating group) is 1. The lowest BCUT2D eigenvalue weighted by Crippen LogP contribution is -2.65. The Morgan fingerprint density at radius 1 is 0.879 bits per heavy atom. The second kappa shape index (κ2) is 20.4. The molecule has 1 aliphatic heterocycles. The average molecular weight is 908 g/mol. The number of amides is 2. The summed E-state index contributed by atoms with van der Waals surface area (Å²) in [6.45, 7) is 4.82. The number of carbonyl (C=O) groups excluding carboxylic acids is 5. The Labute approximate surface area is 380 Å². The van der Waals surface area contributed by atoms with E-state index in [2.05, 4.69) is 24.8 Å². The molecule has 1 saturated carbocycles. The van der Waals surface area contributed by atoms with Gasteiger partial charge in [-0.2, -0.15) is 0 Å². The van der Waals surface area contributed by atoms with E-state index in [0.29, 0.717) is 17.5 Å². The third-order valence-electron chi connectivity index (χ3n) is 12.3. The second-order valence-corrected chi connectivity index (χ2v) is 16.8. The van der Waals surface area contributed by atoms with Gasteiger partial charge in [0.15, 0.2) is 17.2 Å². The molecule has 4 atom stereocenters. The topological polar surface area (TPSA) is 270 Å². The van der Waals surface area contributed by atoms with Gasteiger partial charge in [-0.15, -0.1) is 0 Å². The molecule has 0 radical (unpaired) electrons. The van der Waals surface area contributed by atoms with Crippen LogP contribution in [0.3, 0.4) is 0 Å². The van der Waals surface area contributed by atoms with E-state index in [0.717, 1.165) is 50.6 Å². The van der Waals surface area contributed by atoms with Crippen molar-refractivity contribution in [3.05, 3.63) is 124 Å². The molecule has 3 aliphatic carbocycles. The standard InChI is InChI=1S/C23H27N3O7.C19H22FN3O.C5H5N3O/c1-25(2)12-5-6-13(27)15-10(12)7-9-8-11-17(26(3)4)19(29)16(22(24)32)21(31)23(11,33)20(30)14(9)18(15)28;20-17-8-6-16(7-9-17)18(24)4-3-11-22-12-14-23(15-13-22)19-5-1-2-10-21-19;6-5(9)4-3-7-1-2-8-4/h5-6,9,11,17,27-28,31,33H,7-8H2,1-4H3,(H2,24,32);1-2,5-10H,3-4,11-15H2;1-3H,(H2,6,9)/t9-,11-,17-,23-;;/m0../s1. The first kappa shape index (κ1) is 48.4. The minimum atomic E-state index is -2.63. The number of nitrogens with zero attached hydrogens (tertiary/aromatic N) is 7. The smallest absolute Gasteiger partial charge is 0.268 e. The number of phenols is 1. The van der Waals surface area contributed by atoms with Crippen molar-refractivity contribution >= 4 is 46.4 Å². The molecular formula is C47H54FN9O9. The van der Waals surface area contributed by atoms with Crippen LogP contribution in [0.4, 0.5) is 15.9 Å². The zero-order chi connectivity index (χ0) is 48.0. The maximum Gasteiger partial charge on any atom is 0.268 e. The molecule has 8 rings (SSSR count). The van der Waals surface area contributed by atoms with E-state index in [4.69, 9.17) is 11.5 Å². The number of primary amides is 2. The Balaban J connectivity index is 0.000000189. The fraction of sp³-hybridized carbons (Fsp3) is 0.362. The number of ketones is 3. The molecule has 2 aromatic carbocycles. The SMILES string of the molecule is CN(C)c1ccc(O)c2c1C[C@H]1C[C@H]3[C@H](N(C)C)C(=O)C(C(N)=O)=C(O)[C@@]3(O)C(=O)C1=C2O.NC(=O)c1cnccn1.O=C(CCCN1CCN(c2ccccn2)CC1)c1ccc(F)cc1. The van der Waals surface area contributed by atoms with E-state index in [1.165, 1.54) is 41.7 Å². The molecule has 1 saturated heterocycles. The van der Waals surface area contributed by atoms with Gasteiger partial charge in [-0.05, 0) is 99.9 Å². The van der Waals surface area contributed by atoms with E-state index < -0.39 is 64.0 Å². The minimum absolute atomic E-state index is 0.0638. The van der Waals surface area contributed by atoms with Crippen molar-refractivity contribution in [1.29, 1.82) is 0 Å². The van der Waals surface area contributed by atoms with Gasteiger partial charge in [-0.1, -0.05) is 6.07 Å². The molecule has 4 aromatic rings. The highest BCUT2D eigenvalue weighted by Crippen LogP contribution is 2.53. The number of phenolic OH excluding ortho intramolecular Hbond substituents is 1. The fourth-order valence-corrected chi connectivity index (χ4v) is 9.06. The molecule has 348 valence electrons. The number of nitrogens with two attached hydrogens (primary N) is 2. The summed E-state index contributed by atoms with van der Waals surface area (Å²) in [5, 5.41) is 43.9. The maximum absolute atomic E-state index is 13.7. The number of aromatic hydroxyl groups is 1. The van der Waals surface area contributed by atoms with Crippen molar-refractivity contribution in [3.8, 4) is 5.75 Å². The highest BCUT2D eigenvalue weighted by molar-refractivity contribution is 6.24. The Morgan fingerprint density at radius 3 is 2.14 bits per heavy atom. The number of carbonyl (C=O) groups is 5. The largest absolute Gasteiger partial charge is 0.508 e. The fourth-order valence-electron chi connectivity index (χ4n) is 9.06. The van der Waals surface area contributed by atoms with E-state index in [9.17, 15) is 48.8 Å².